The largest absolute Gasteiger partial charge is 0.384 e. The number of alkyl halides is 2. The Kier molecular flexibility index (Phi) is 6.05. The number of allylic oxidation sites excluding steroid dienone is 1. The van der Waals surface area contributed by atoms with Crippen molar-refractivity contribution in [3.05, 3.63) is 77.9 Å². The number of unbranched alkanes of at least 4 members (excludes halogenated alkanes) is 1. The van der Waals surface area contributed by atoms with Crippen LogP contribution in [0.5, 0.6) is 0 Å². The van der Waals surface area contributed by atoms with Gasteiger partial charge in [-0.2, -0.15) is 0 Å². The van der Waals surface area contributed by atoms with Gasteiger partial charge in [0.15, 0.2) is 0 Å². The van der Waals surface area contributed by atoms with E-state index in [0.717, 1.165) is 0 Å². The molecule has 23 heavy (non-hydrogen) atoms. The van der Waals surface area contributed by atoms with Crippen LogP contribution in [0.25, 0.3) is 5.57 Å². The summed E-state index contributed by atoms with van der Waals surface area (Å²) in [5.41, 5.74) is 0.943. The first-order chi connectivity index (χ1) is 11.0. The second-order valence-electron chi connectivity index (χ2n) is 5.61. The molecule has 0 fully saturated rings. The molecule has 1 nitrogen and oxygen atoms in total. The van der Waals surface area contributed by atoms with Crippen LogP contribution < -0.4 is 0 Å². The van der Waals surface area contributed by atoms with Gasteiger partial charge in [-0.15, -0.1) is 0 Å². The number of hydrogen-bond acceptors (Lipinski definition) is 1. The maximum atomic E-state index is 14.7. The van der Waals surface area contributed by atoms with Gasteiger partial charge in [-0.1, -0.05) is 74.0 Å². The van der Waals surface area contributed by atoms with E-state index in [1.165, 1.54) is 6.08 Å². The third kappa shape index (κ3) is 4.73. The lowest BCUT2D eigenvalue weighted by Crippen LogP contribution is -2.19. The summed E-state index contributed by atoms with van der Waals surface area (Å²) in [7, 11) is 0. The molecule has 2 rings (SSSR count). The maximum Gasteiger partial charge on any atom is 0.273 e. The third-order valence-corrected chi connectivity index (χ3v) is 3.79. The molecule has 3 heteroatoms. The zero-order valence-electron chi connectivity index (χ0n) is 13.3. The van der Waals surface area contributed by atoms with Crippen LogP contribution in [-0.2, 0) is 0 Å². The zero-order valence-corrected chi connectivity index (χ0v) is 13.3. The quantitative estimate of drug-likeness (QED) is 0.702. The van der Waals surface area contributed by atoms with Gasteiger partial charge in [-0.3, -0.25) is 0 Å². The lowest BCUT2D eigenvalue weighted by molar-refractivity contribution is 0.0534. The van der Waals surface area contributed by atoms with E-state index in [1.807, 2.05) is 13.0 Å². The molecule has 0 heterocycles. The standard InChI is InChI=1S/C20H22F2O/c1-2-3-14-20(21,22)18(16-10-6-4-7-11-16)15-19(23)17-12-8-5-9-13-17/h4-13,15,19,23H,2-3,14H2,1H3/b18-15+. The molecule has 0 aliphatic carbocycles. The highest BCUT2D eigenvalue weighted by Crippen LogP contribution is 2.38. The molecule has 2 aromatic rings. The monoisotopic (exact) mass is 316 g/mol. The lowest BCUT2D eigenvalue weighted by atomic mass is 9.93. The van der Waals surface area contributed by atoms with Crippen molar-refractivity contribution in [2.45, 2.75) is 38.2 Å². The van der Waals surface area contributed by atoms with E-state index < -0.39 is 12.0 Å². The van der Waals surface area contributed by atoms with Crippen LogP contribution in [0, 0.1) is 0 Å². The van der Waals surface area contributed by atoms with Gasteiger partial charge in [0.05, 0.1) is 6.10 Å². The van der Waals surface area contributed by atoms with Crippen molar-refractivity contribution in [1.29, 1.82) is 0 Å². The van der Waals surface area contributed by atoms with Crippen molar-refractivity contribution in [1.82, 2.24) is 0 Å². The van der Waals surface area contributed by atoms with Gasteiger partial charge in [0.25, 0.3) is 5.92 Å². The first kappa shape index (κ1) is 17.4. The molecule has 1 N–H and O–H groups in total. The Labute approximate surface area is 136 Å². The van der Waals surface area contributed by atoms with Gasteiger partial charge in [0.1, 0.15) is 0 Å². The van der Waals surface area contributed by atoms with Crippen molar-refractivity contribution >= 4 is 5.57 Å². The number of aliphatic hydroxyl groups is 1. The van der Waals surface area contributed by atoms with Crippen LogP contribution in [0.1, 0.15) is 43.4 Å². The smallest absolute Gasteiger partial charge is 0.273 e. The Morgan fingerprint density at radius 1 is 1.04 bits per heavy atom. The molecule has 0 saturated heterocycles. The molecule has 0 saturated carbocycles. The number of halogens is 2. The Morgan fingerprint density at radius 3 is 2.17 bits per heavy atom. The highest BCUT2D eigenvalue weighted by molar-refractivity contribution is 5.71. The van der Waals surface area contributed by atoms with Crippen molar-refractivity contribution in [2.75, 3.05) is 0 Å². The second kappa shape index (κ2) is 8.02. The van der Waals surface area contributed by atoms with Gasteiger partial charge in [-0.05, 0) is 23.6 Å². The molecule has 0 spiro atoms. The van der Waals surface area contributed by atoms with Crippen molar-refractivity contribution in [3.8, 4) is 0 Å². The fraction of sp³-hybridized carbons (Fsp3) is 0.300. The van der Waals surface area contributed by atoms with Crippen LogP contribution in [0.4, 0.5) is 8.78 Å². The van der Waals surface area contributed by atoms with Crippen molar-refractivity contribution in [2.24, 2.45) is 0 Å². The molecule has 0 aliphatic heterocycles. The van der Waals surface area contributed by atoms with E-state index in [2.05, 4.69) is 0 Å². The van der Waals surface area contributed by atoms with E-state index in [4.69, 9.17) is 0 Å². The van der Waals surface area contributed by atoms with Crippen molar-refractivity contribution < 1.29 is 13.9 Å². The molecule has 0 bridgehead atoms. The lowest BCUT2D eigenvalue weighted by Gasteiger charge is -2.22. The van der Waals surface area contributed by atoms with Crippen LogP contribution >= 0.6 is 0 Å². The molecule has 0 radical (unpaired) electrons. The zero-order chi connectivity index (χ0) is 16.7. The SMILES string of the molecule is CCCCC(F)(F)/C(=C/C(O)c1ccccc1)c1ccccc1. The Balaban J connectivity index is 2.39. The average Bonchev–Trinajstić information content (AvgIpc) is 2.59. The summed E-state index contributed by atoms with van der Waals surface area (Å²) in [6, 6.07) is 17.4. The molecule has 0 amide bonds. The minimum Gasteiger partial charge on any atom is -0.384 e. The molecule has 1 unspecified atom stereocenters. The fourth-order valence-corrected chi connectivity index (χ4v) is 2.48. The van der Waals surface area contributed by atoms with E-state index in [9.17, 15) is 13.9 Å². The predicted octanol–water partition coefficient (Wildman–Crippen LogP) is 5.63. The van der Waals surface area contributed by atoms with Gasteiger partial charge in [-0.25, -0.2) is 8.78 Å². The molecule has 0 aliphatic rings. The van der Waals surface area contributed by atoms with E-state index >= 15 is 0 Å². The summed E-state index contributed by atoms with van der Waals surface area (Å²) < 4.78 is 29.3. The van der Waals surface area contributed by atoms with Gasteiger partial charge >= 0.3 is 0 Å². The Morgan fingerprint density at radius 2 is 1.61 bits per heavy atom. The second-order valence-corrected chi connectivity index (χ2v) is 5.61. The molecule has 1 atom stereocenters. The van der Waals surface area contributed by atoms with E-state index in [-0.39, 0.29) is 12.0 Å². The van der Waals surface area contributed by atoms with Gasteiger partial charge in [0, 0.05) is 12.0 Å². The van der Waals surface area contributed by atoms with Gasteiger partial charge in [0.2, 0.25) is 0 Å². The van der Waals surface area contributed by atoms with Crippen LogP contribution in [0.2, 0.25) is 0 Å². The minimum absolute atomic E-state index is 0.108. The molecule has 0 aromatic heterocycles. The maximum absolute atomic E-state index is 14.7. The molecular formula is C20H22F2O. The Hall–Kier alpha value is -2.00. The van der Waals surface area contributed by atoms with E-state index in [0.29, 0.717) is 24.0 Å². The molecule has 122 valence electrons. The Bertz CT molecular complexity index is 621. The van der Waals surface area contributed by atoms with Gasteiger partial charge < -0.3 is 5.11 Å². The molecular weight excluding hydrogens is 294 g/mol. The van der Waals surface area contributed by atoms with Crippen LogP contribution in [0.3, 0.4) is 0 Å². The first-order valence-electron chi connectivity index (χ1n) is 7.93. The summed E-state index contributed by atoms with van der Waals surface area (Å²) in [4.78, 5) is 0. The summed E-state index contributed by atoms with van der Waals surface area (Å²) in [6.45, 7) is 1.89. The van der Waals surface area contributed by atoms with E-state index in [1.54, 1.807) is 54.6 Å². The summed E-state index contributed by atoms with van der Waals surface area (Å²) in [6.07, 6.45) is 1.16. The number of rotatable bonds is 7. The number of hydrogen-bond donors (Lipinski definition) is 1. The average molecular weight is 316 g/mol. The third-order valence-electron chi connectivity index (χ3n) is 3.79. The summed E-state index contributed by atoms with van der Waals surface area (Å²) >= 11 is 0. The van der Waals surface area contributed by atoms with Crippen molar-refractivity contribution in [3.63, 3.8) is 0 Å². The number of aliphatic hydroxyl groups excluding tert-OH is 1. The highest BCUT2D eigenvalue weighted by Gasteiger charge is 2.34. The topological polar surface area (TPSA) is 20.2 Å². The first-order valence-corrected chi connectivity index (χ1v) is 7.93. The normalized spacial score (nSPS) is 13.8. The summed E-state index contributed by atoms with van der Waals surface area (Å²) in [5.74, 6) is -2.97. The number of benzene rings is 2. The van der Waals surface area contributed by atoms with Crippen LogP contribution in [-0.4, -0.2) is 11.0 Å². The predicted molar refractivity (Wildman–Crippen MR) is 90.3 cm³/mol. The molecule has 2 aromatic carbocycles. The fourth-order valence-electron chi connectivity index (χ4n) is 2.48. The summed E-state index contributed by atoms with van der Waals surface area (Å²) in [5, 5.41) is 10.3. The van der Waals surface area contributed by atoms with Crippen LogP contribution in [0.15, 0.2) is 66.7 Å². The highest BCUT2D eigenvalue weighted by atomic mass is 19.3. The minimum atomic E-state index is -2.97.